The normalized spacial score (nSPS) is 19.2. The number of hydrogen-bond donors (Lipinski definition) is 2. The van der Waals surface area contributed by atoms with Gasteiger partial charge in [0.05, 0.1) is 12.2 Å². The Morgan fingerprint density at radius 1 is 1.50 bits per heavy atom. The number of aryl methyl sites for hydroxylation is 1. The van der Waals surface area contributed by atoms with Gasteiger partial charge in [-0.05, 0) is 24.4 Å². The quantitative estimate of drug-likeness (QED) is 0.877. The van der Waals surface area contributed by atoms with E-state index < -0.39 is 0 Å². The molecule has 0 saturated carbocycles. The van der Waals surface area contributed by atoms with Crippen LogP contribution < -0.4 is 10.6 Å². The van der Waals surface area contributed by atoms with Gasteiger partial charge in [0.1, 0.15) is 0 Å². The Labute approximate surface area is 121 Å². The molecule has 0 spiro atoms. The predicted octanol–water partition coefficient (Wildman–Crippen LogP) is 1.48. The van der Waals surface area contributed by atoms with Gasteiger partial charge in [-0.1, -0.05) is 27.7 Å². The van der Waals surface area contributed by atoms with Crippen LogP contribution in [0.3, 0.4) is 0 Å². The van der Waals surface area contributed by atoms with Crippen LogP contribution in [0.25, 0.3) is 0 Å². The van der Waals surface area contributed by atoms with Crippen LogP contribution in [0.2, 0.25) is 0 Å². The summed E-state index contributed by atoms with van der Waals surface area (Å²) >= 11 is 0. The van der Waals surface area contributed by atoms with Crippen LogP contribution in [0.1, 0.15) is 39.3 Å². The Hall–Kier alpha value is -1.36. The van der Waals surface area contributed by atoms with Crippen LogP contribution in [0.15, 0.2) is 12.4 Å². The van der Waals surface area contributed by atoms with Crippen molar-refractivity contribution in [1.82, 2.24) is 20.4 Å². The van der Waals surface area contributed by atoms with Gasteiger partial charge in [0, 0.05) is 24.7 Å². The SMILES string of the molecule is CC(C(=O)NC(c1cnn(C)c1)C(C)(C)C)C1CNC1. The topological polar surface area (TPSA) is 59.0 Å². The molecule has 1 aromatic rings. The fourth-order valence-corrected chi connectivity index (χ4v) is 2.54. The van der Waals surface area contributed by atoms with Crippen molar-refractivity contribution in [1.29, 1.82) is 0 Å². The maximum absolute atomic E-state index is 12.4. The summed E-state index contributed by atoms with van der Waals surface area (Å²) in [5.74, 6) is 0.655. The number of carbonyl (C=O) groups is 1. The second kappa shape index (κ2) is 5.56. The summed E-state index contributed by atoms with van der Waals surface area (Å²) in [6, 6.07) is -0.0146. The zero-order valence-electron chi connectivity index (χ0n) is 13.1. The summed E-state index contributed by atoms with van der Waals surface area (Å²) in [7, 11) is 1.90. The maximum Gasteiger partial charge on any atom is 0.223 e. The summed E-state index contributed by atoms with van der Waals surface area (Å²) in [5.41, 5.74) is 1.02. The van der Waals surface area contributed by atoms with E-state index >= 15 is 0 Å². The molecule has 1 aliphatic rings. The van der Waals surface area contributed by atoms with Crippen molar-refractivity contribution in [3.8, 4) is 0 Å². The van der Waals surface area contributed by atoms with Gasteiger partial charge >= 0.3 is 0 Å². The first kappa shape index (κ1) is 15.0. The van der Waals surface area contributed by atoms with Crippen molar-refractivity contribution in [2.45, 2.75) is 33.7 Å². The van der Waals surface area contributed by atoms with Gasteiger partial charge in [0.25, 0.3) is 0 Å². The number of amides is 1. The average Bonchev–Trinajstić information content (AvgIpc) is 2.67. The van der Waals surface area contributed by atoms with E-state index in [9.17, 15) is 4.79 Å². The molecule has 20 heavy (non-hydrogen) atoms. The highest BCUT2D eigenvalue weighted by Crippen LogP contribution is 2.33. The lowest BCUT2D eigenvalue weighted by Crippen LogP contribution is -2.50. The molecule has 2 atom stereocenters. The van der Waals surface area contributed by atoms with Crippen molar-refractivity contribution < 1.29 is 4.79 Å². The first-order valence-corrected chi connectivity index (χ1v) is 7.28. The van der Waals surface area contributed by atoms with E-state index in [0.717, 1.165) is 18.7 Å². The van der Waals surface area contributed by atoms with E-state index in [1.54, 1.807) is 4.68 Å². The average molecular weight is 278 g/mol. The fourth-order valence-electron chi connectivity index (χ4n) is 2.54. The molecule has 5 nitrogen and oxygen atoms in total. The first-order chi connectivity index (χ1) is 9.29. The molecule has 1 aliphatic heterocycles. The molecule has 2 unspecified atom stereocenters. The van der Waals surface area contributed by atoms with Gasteiger partial charge < -0.3 is 10.6 Å². The van der Waals surface area contributed by atoms with Crippen LogP contribution in [-0.4, -0.2) is 28.8 Å². The van der Waals surface area contributed by atoms with Crippen molar-refractivity contribution in [2.75, 3.05) is 13.1 Å². The lowest BCUT2D eigenvalue weighted by atomic mass is 9.82. The standard InChI is InChI=1S/C15H26N4O/c1-10(11-6-16-7-11)14(20)18-13(15(2,3)4)12-8-17-19(5)9-12/h8-11,13,16H,6-7H2,1-5H3,(H,18,20). The third kappa shape index (κ3) is 3.20. The fraction of sp³-hybridized carbons (Fsp3) is 0.733. The summed E-state index contributed by atoms with van der Waals surface area (Å²) < 4.78 is 1.78. The molecule has 0 bridgehead atoms. The molecule has 0 radical (unpaired) electrons. The molecule has 2 N–H and O–H groups in total. The van der Waals surface area contributed by atoms with Crippen molar-refractivity contribution in [3.63, 3.8) is 0 Å². The van der Waals surface area contributed by atoms with Crippen LogP contribution in [0, 0.1) is 17.3 Å². The Kier molecular flexibility index (Phi) is 4.18. The molecule has 5 heteroatoms. The van der Waals surface area contributed by atoms with E-state index in [1.165, 1.54) is 0 Å². The van der Waals surface area contributed by atoms with Crippen LogP contribution in [0.5, 0.6) is 0 Å². The number of aromatic nitrogens is 2. The van der Waals surface area contributed by atoms with E-state index in [-0.39, 0.29) is 23.3 Å². The predicted molar refractivity (Wildman–Crippen MR) is 79.1 cm³/mol. The minimum absolute atomic E-state index is 0.0146. The Bertz CT molecular complexity index is 470. The third-order valence-electron chi connectivity index (χ3n) is 4.14. The number of carbonyl (C=O) groups excluding carboxylic acids is 1. The highest BCUT2D eigenvalue weighted by molar-refractivity contribution is 5.79. The van der Waals surface area contributed by atoms with Crippen LogP contribution in [0.4, 0.5) is 0 Å². The number of hydrogen-bond acceptors (Lipinski definition) is 3. The minimum atomic E-state index is -0.0454. The second-order valence-electron chi connectivity index (χ2n) is 6.96. The zero-order chi connectivity index (χ0) is 14.9. The van der Waals surface area contributed by atoms with E-state index in [4.69, 9.17) is 0 Å². The molecule has 2 heterocycles. The number of rotatable bonds is 4. The largest absolute Gasteiger partial charge is 0.348 e. The molecule has 1 saturated heterocycles. The lowest BCUT2D eigenvalue weighted by Gasteiger charge is -2.35. The summed E-state index contributed by atoms with van der Waals surface area (Å²) in [5, 5.41) is 10.7. The summed E-state index contributed by atoms with van der Waals surface area (Å²) in [4.78, 5) is 12.4. The van der Waals surface area contributed by atoms with Gasteiger partial charge in [-0.2, -0.15) is 5.10 Å². The van der Waals surface area contributed by atoms with Crippen molar-refractivity contribution in [3.05, 3.63) is 18.0 Å². The molecular formula is C15H26N4O. The Balaban J connectivity index is 2.10. The van der Waals surface area contributed by atoms with Crippen LogP contribution >= 0.6 is 0 Å². The Morgan fingerprint density at radius 3 is 2.55 bits per heavy atom. The molecular weight excluding hydrogens is 252 g/mol. The summed E-state index contributed by atoms with van der Waals surface area (Å²) in [6.07, 6.45) is 3.82. The molecule has 2 rings (SSSR count). The third-order valence-corrected chi connectivity index (χ3v) is 4.14. The van der Waals surface area contributed by atoms with Crippen LogP contribution in [-0.2, 0) is 11.8 Å². The maximum atomic E-state index is 12.4. The Morgan fingerprint density at radius 2 is 2.15 bits per heavy atom. The smallest absolute Gasteiger partial charge is 0.223 e. The van der Waals surface area contributed by atoms with Crippen molar-refractivity contribution in [2.24, 2.45) is 24.3 Å². The van der Waals surface area contributed by atoms with Gasteiger partial charge in [-0.15, -0.1) is 0 Å². The molecule has 1 fully saturated rings. The molecule has 0 aromatic carbocycles. The highest BCUT2D eigenvalue weighted by atomic mass is 16.2. The molecule has 1 amide bonds. The number of nitrogens with one attached hydrogen (secondary N) is 2. The molecule has 1 aromatic heterocycles. The summed E-state index contributed by atoms with van der Waals surface area (Å²) in [6.45, 7) is 10.3. The molecule has 112 valence electrons. The minimum Gasteiger partial charge on any atom is -0.348 e. The second-order valence-corrected chi connectivity index (χ2v) is 6.96. The van der Waals surface area contributed by atoms with Gasteiger partial charge in [0.2, 0.25) is 5.91 Å². The van der Waals surface area contributed by atoms with Gasteiger partial charge in [-0.3, -0.25) is 9.48 Å². The highest BCUT2D eigenvalue weighted by Gasteiger charge is 2.33. The lowest BCUT2D eigenvalue weighted by molar-refractivity contribution is -0.128. The monoisotopic (exact) mass is 278 g/mol. The van der Waals surface area contributed by atoms with E-state index in [2.05, 4.69) is 36.5 Å². The first-order valence-electron chi connectivity index (χ1n) is 7.28. The van der Waals surface area contributed by atoms with E-state index in [0.29, 0.717) is 5.92 Å². The zero-order valence-corrected chi connectivity index (χ0v) is 13.1. The van der Waals surface area contributed by atoms with E-state index in [1.807, 2.05) is 26.4 Å². The van der Waals surface area contributed by atoms with Crippen molar-refractivity contribution >= 4 is 5.91 Å². The number of nitrogens with zero attached hydrogens (tertiary/aromatic N) is 2. The van der Waals surface area contributed by atoms with Gasteiger partial charge in [0.15, 0.2) is 0 Å². The molecule has 0 aliphatic carbocycles. The van der Waals surface area contributed by atoms with Gasteiger partial charge in [-0.25, -0.2) is 0 Å².